The van der Waals surface area contributed by atoms with E-state index in [1.807, 2.05) is 24.3 Å². The normalized spacial score (nSPS) is 12.4. The molecule has 0 aliphatic heterocycles. The van der Waals surface area contributed by atoms with Crippen LogP contribution in [0.15, 0.2) is 41.8 Å². The van der Waals surface area contributed by atoms with Crippen molar-refractivity contribution in [2.45, 2.75) is 25.3 Å². The van der Waals surface area contributed by atoms with E-state index in [1.165, 1.54) is 4.88 Å². The van der Waals surface area contributed by atoms with Gasteiger partial charge in [0.25, 0.3) is 0 Å². The Morgan fingerprint density at radius 2 is 2.00 bits per heavy atom. The molecule has 0 amide bonds. The predicted octanol–water partition coefficient (Wildman–Crippen LogP) is 5.02. The third kappa shape index (κ3) is 3.24. The molecule has 0 saturated carbocycles. The predicted molar refractivity (Wildman–Crippen MR) is 74.0 cm³/mol. The van der Waals surface area contributed by atoms with Crippen molar-refractivity contribution >= 4 is 22.9 Å². The van der Waals surface area contributed by atoms with Crippen LogP contribution in [-0.4, -0.2) is 0 Å². The van der Waals surface area contributed by atoms with Crippen molar-refractivity contribution in [3.05, 3.63) is 52.2 Å². The van der Waals surface area contributed by atoms with Crippen molar-refractivity contribution in [1.29, 1.82) is 0 Å². The fraction of sp³-hybridized carbons (Fsp3) is 0.286. The summed E-state index contributed by atoms with van der Waals surface area (Å²) in [6.07, 6.45) is 1.12. The molecule has 0 aliphatic carbocycles. The summed E-state index contributed by atoms with van der Waals surface area (Å²) in [5, 5.41) is 2.08. The molecule has 1 heterocycles. The average molecular weight is 267 g/mol. The minimum atomic E-state index is 0.150. The summed E-state index contributed by atoms with van der Waals surface area (Å²) in [4.78, 5) is 1.27. The van der Waals surface area contributed by atoms with Crippen LogP contribution >= 0.6 is 22.9 Å². The Balaban J connectivity index is 2.07. The maximum absolute atomic E-state index is 5.97. The average Bonchev–Trinajstić information content (AvgIpc) is 2.90. The molecule has 1 atom stereocenters. The van der Waals surface area contributed by atoms with E-state index in [2.05, 4.69) is 24.4 Å². The molecule has 0 N–H and O–H groups in total. The second-order valence-electron chi connectivity index (χ2n) is 3.81. The lowest BCUT2D eigenvalue weighted by Crippen LogP contribution is -2.04. The first-order valence-corrected chi connectivity index (χ1v) is 7.10. The second kappa shape index (κ2) is 6.08. The molecule has 0 radical (unpaired) electrons. The molecule has 0 spiro atoms. The van der Waals surface area contributed by atoms with Crippen LogP contribution in [-0.2, 0) is 5.88 Å². The highest BCUT2D eigenvalue weighted by Gasteiger charge is 2.11. The minimum absolute atomic E-state index is 0.150. The molecule has 3 heteroatoms. The fourth-order valence-electron chi connectivity index (χ4n) is 1.64. The van der Waals surface area contributed by atoms with E-state index in [9.17, 15) is 0 Å². The zero-order valence-electron chi connectivity index (χ0n) is 9.73. The maximum Gasteiger partial charge on any atom is 0.133 e. The number of hydrogen-bond acceptors (Lipinski definition) is 2. The van der Waals surface area contributed by atoms with Crippen LogP contribution in [0.2, 0.25) is 0 Å². The Bertz CT molecular complexity index is 436. The van der Waals surface area contributed by atoms with Crippen LogP contribution in [0.5, 0.6) is 5.75 Å². The number of ether oxygens (including phenoxy) is 1. The van der Waals surface area contributed by atoms with E-state index < -0.39 is 0 Å². The van der Waals surface area contributed by atoms with Crippen LogP contribution in [0.25, 0.3) is 0 Å². The van der Waals surface area contributed by atoms with E-state index in [4.69, 9.17) is 16.3 Å². The first kappa shape index (κ1) is 12.5. The number of thiophene rings is 1. The van der Waals surface area contributed by atoms with Crippen molar-refractivity contribution in [3.63, 3.8) is 0 Å². The van der Waals surface area contributed by atoms with Gasteiger partial charge in [-0.2, -0.15) is 0 Å². The third-order valence-corrected chi connectivity index (χ3v) is 3.86. The number of alkyl halides is 1. The van der Waals surface area contributed by atoms with Gasteiger partial charge in [-0.1, -0.05) is 25.1 Å². The lowest BCUT2D eigenvalue weighted by atomic mass is 10.2. The topological polar surface area (TPSA) is 9.23 Å². The quantitative estimate of drug-likeness (QED) is 0.691. The highest BCUT2D eigenvalue weighted by Crippen LogP contribution is 2.28. The van der Waals surface area contributed by atoms with Gasteiger partial charge in [0.2, 0.25) is 0 Å². The zero-order chi connectivity index (χ0) is 12.1. The van der Waals surface area contributed by atoms with Crippen molar-refractivity contribution < 1.29 is 4.74 Å². The van der Waals surface area contributed by atoms with Gasteiger partial charge in [0.05, 0.1) is 0 Å². The first-order valence-electron chi connectivity index (χ1n) is 5.68. The molecule has 1 nitrogen and oxygen atoms in total. The van der Waals surface area contributed by atoms with Crippen LogP contribution in [0, 0.1) is 0 Å². The molecular formula is C14H15ClOS. The lowest BCUT2D eigenvalue weighted by molar-refractivity contribution is 0.205. The number of rotatable bonds is 5. The van der Waals surface area contributed by atoms with E-state index in [1.54, 1.807) is 11.3 Å². The molecule has 90 valence electrons. The molecule has 0 aliphatic rings. The van der Waals surface area contributed by atoms with Gasteiger partial charge in [-0.3, -0.25) is 0 Å². The number of hydrogen-bond donors (Lipinski definition) is 0. The number of benzene rings is 1. The van der Waals surface area contributed by atoms with Gasteiger partial charge in [-0.25, -0.2) is 0 Å². The minimum Gasteiger partial charge on any atom is -0.485 e. The van der Waals surface area contributed by atoms with E-state index in [-0.39, 0.29) is 6.10 Å². The van der Waals surface area contributed by atoms with E-state index in [0.29, 0.717) is 5.88 Å². The summed E-state index contributed by atoms with van der Waals surface area (Å²) in [5.41, 5.74) is 1.11. The lowest BCUT2D eigenvalue weighted by Gasteiger charge is -2.16. The van der Waals surface area contributed by atoms with Crippen molar-refractivity contribution in [1.82, 2.24) is 0 Å². The van der Waals surface area contributed by atoms with Crippen molar-refractivity contribution in [3.8, 4) is 5.75 Å². The van der Waals surface area contributed by atoms with E-state index >= 15 is 0 Å². The number of halogens is 1. The van der Waals surface area contributed by atoms with Gasteiger partial charge in [0.1, 0.15) is 11.9 Å². The Kier molecular flexibility index (Phi) is 4.46. The smallest absolute Gasteiger partial charge is 0.133 e. The third-order valence-electron chi connectivity index (χ3n) is 2.59. The first-order chi connectivity index (χ1) is 8.33. The molecular weight excluding hydrogens is 252 g/mol. The van der Waals surface area contributed by atoms with Crippen LogP contribution in [0.4, 0.5) is 0 Å². The Morgan fingerprint density at radius 3 is 2.53 bits per heavy atom. The summed E-state index contributed by atoms with van der Waals surface area (Å²) in [7, 11) is 0. The molecule has 0 unspecified atom stereocenters. The standard InChI is InChI=1S/C14H15ClOS/c1-2-13(14-4-3-9-17-14)16-12-7-5-11(10-15)6-8-12/h3-9,13H,2,10H2,1H3/t13-/m0/s1. The molecule has 2 rings (SSSR count). The molecule has 0 bridgehead atoms. The molecule has 1 aromatic carbocycles. The van der Waals surface area contributed by atoms with Gasteiger partial charge < -0.3 is 4.74 Å². The highest BCUT2D eigenvalue weighted by atomic mass is 35.5. The van der Waals surface area contributed by atoms with E-state index in [0.717, 1.165) is 17.7 Å². The molecule has 0 saturated heterocycles. The SMILES string of the molecule is CC[C@H](Oc1ccc(CCl)cc1)c1cccs1. The van der Waals surface area contributed by atoms with Crippen LogP contribution in [0.1, 0.15) is 29.9 Å². The summed E-state index contributed by atoms with van der Waals surface area (Å²) >= 11 is 7.49. The van der Waals surface area contributed by atoms with Gasteiger partial charge in [-0.05, 0) is 35.6 Å². The maximum atomic E-state index is 5.97. The summed E-state index contributed by atoms with van der Waals surface area (Å²) < 4.78 is 5.97. The largest absolute Gasteiger partial charge is 0.485 e. The monoisotopic (exact) mass is 266 g/mol. The molecule has 2 aromatic rings. The molecule has 17 heavy (non-hydrogen) atoms. The van der Waals surface area contributed by atoms with Gasteiger partial charge in [0, 0.05) is 10.8 Å². The van der Waals surface area contributed by atoms with Crippen molar-refractivity contribution in [2.75, 3.05) is 0 Å². The van der Waals surface area contributed by atoms with Gasteiger partial charge in [-0.15, -0.1) is 22.9 Å². The summed E-state index contributed by atoms with van der Waals surface area (Å²) in [6.45, 7) is 2.14. The molecule has 0 fully saturated rings. The van der Waals surface area contributed by atoms with Gasteiger partial charge in [0.15, 0.2) is 0 Å². The second-order valence-corrected chi connectivity index (χ2v) is 5.05. The summed E-state index contributed by atoms with van der Waals surface area (Å²) in [5.74, 6) is 1.45. The Hall–Kier alpha value is -0.990. The van der Waals surface area contributed by atoms with Crippen molar-refractivity contribution in [2.24, 2.45) is 0 Å². The van der Waals surface area contributed by atoms with Crippen LogP contribution in [0.3, 0.4) is 0 Å². The zero-order valence-corrected chi connectivity index (χ0v) is 11.3. The van der Waals surface area contributed by atoms with Gasteiger partial charge >= 0.3 is 0 Å². The fourth-order valence-corrected chi connectivity index (χ4v) is 2.65. The molecule has 1 aromatic heterocycles. The Morgan fingerprint density at radius 1 is 1.24 bits per heavy atom. The Labute approximate surface area is 111 Å². The highest BCUT2D eigenvalue weighted by molar-refractivity contribution is 7.10. The van der Waals surface area contributed by atoms with Crippen LogP contribution < -0.4 is 4.74 Å². The summed E-state index contributed by atoms with van der Waals surface area (Å²) in [6, 6.07) is 12.1.